The standard InChI is InChI=1S/C10H8N6O4/c11-9-8(14-20-15-9)10(17)13-12-5-6-1-3-7(4-2-6)16(18)19/h1-5H,(H2,11,15)(H,13,17)/b12-5-. The molecule has 0 aliphatic heterocycles. The lowest BCUT2D eigenvalue weighted by Gasteiger charge is -1.95. The van der Waals surface area contributed by atoms with Crippen molar-refractivity contribution in [1.29, 1.82) is 0 Å². The molecular weight excluding hydrogens is 268 g/mol. The van der Waals surface area contributed by atoms with E-state index < -0.39 is 10.8 Å². The number of hydrogen-bond acceptors (Lipinski definition) is 8. The van der Waals surface area contributed by atoms with Gasteiger partial charge in [0, 0.05) is 12.1 Å². The van der Waals surface area contributed by atoms with Gasteiger partial charge in [-0.1, -0.05) is 0 Å². The third-order valence-corrected chi connectivity index (χ3v) is 2.21. The molecule has 20 heavy (non-hydrogen) atoms. The monoisotopic (exact) mass is 276 g/mol. The van der Waals surface area contributed by atoms with Crippen LogP contribution in [-0.4, -0.2) is 27.4 Å². The Hall–Kier alpha value is -3.30. The van der Waals surface area contributed by atoms with Gasteiger partial charge in [0.05, 0.1) is 11.1 Å². The number of benzene rings is 1. The first-order chi connectivity index (χ1) is 9.58. The first kappa shape index (κ1) is 13.1. The Morgan fingerprint density at radius 2 is 2.10 bits per heavy atom. The second-order valence-electron chi connectivity index (χ2n) is 3.55. The predicted octanol–water partition coefficient (Wildman–Crippen LogP) is 0.324. The van der Waals surface area contributed by atoms with Crippen LogP contribution in [0, 0.1) is 10.1 Å². The van der Waals surface area contributed by atoms with Gasteiger partial charge in [-0.15, -0.1) is 0 Å². The molecule has 1 aromatic carbocycles. The smallest absolute Gasteiger partial charge is 0.297 e. The highest BCUT2D eigenvalue weighted by Gasteiger charge is 2.14. The number of anilines is 1. The topological polar surface area (TPSA) is 150 Å². The lowest BCUT2D eigenvalue weighted by Crippen LogP contribution is -2.19. The van der Waals surface area contributed by atoms with Crippen molar-refractivity contribution in [3.05, 3.63) is 45.6 Å². The summed E-state index contributed by atoms with van der Waals surface area (Å²) in [6.07, 6.45) is 1.31. The van der Waals surface area contributed by atoms with E-state index in [4.69, 9.17) is 5.73 Å². The van der Waals surface area contributed by atoms with Gasteiger partial charge in [0.15, 0.2) is 0 Å². The average Bonchev–Trinajstić information content (AvgIpc) is 2.85. The van der Waals surface area contributed by atoms with Crippen LogP contribution in [0.4, 0.5) is 11.5 Å². The molecule has 0 saturated heterocycles. The molecule has 0 spiro atoms. The van der Waals surface area contributed by atoms with Gasteiger partial charge in [-0.25, -0.2) is 10.1 Å². The molecule has 0 bridgehead atoms. The Morgan fingerprint density at radius 3 is 2.65 bits per heavy atom. The second kappa shape index (κ2) is 5.56. The van der Waals surface area contributed by atoms with E-state index in [0.29, 0.717) is 5.56 Å². The minimum atomic E-state index is -0.679. The van der Waals surface area contributed by atoms with Crippen LogP contribution in [0.3, 0.4) is 0 Å². The van der Waals surface area contributed by atoms with Crippen LogP contribution in [0.2, 0.25) is 0 Å². The maximum absolute atomic E-state index is 11.5. The van der Waals surface area contributed by atoms with Crippen LogP contribution < -0.4 is 11.2 Å². The fourth-order valence-electron chi connectivity index (χ4n) is 1.25. The van der Waals surface area contributed by atoms with Gasteiger partial charge >= 0.3 is 0 Å². The van der Waals surface area contributed by atoms with Crippen molar-refractivity contribution >= 4 is 23.6 Å². The second-order valence-corrected chi connectivity index (χ2v) is 3.55. The SMILES string of the molecule is Nc1nonc1C(=O)N/N=C\c1ccc([N+](=O)[O-])cc1. The predicted molar refractivity (Wildman–Crippen MR) is 66.9 cm³/mol. The Labute approximate surface area is 111 Å². The highest BCUT2D eigenvalue weighted by molar-refractivity contribution is 5.96. The molecule has 0 fully saturated rings. The Balaban J connectivity index is 1.98. The summed E-state index contributed by atoms with van der Waals surface area (Å²) in [6, 6.07) is 5.62. The average molecular weight is 276 g/mol. The summed E-state index contributed by atoms with van der Waals surface area (Å²) in [5.41, 5.74) is 7.85. The number of nitrogens with two attached hydrogens (primary N) is 1. The molecule has 1 amide bonds. The molecule has 3 N–H and O–H groups in total. The number of nitro benzene ring substituents is 1. The highest BCUT2D eigenvalue weighted by atomic mass is 16.6. The largest absolute Gasteiger partial charge is 0.379 e. The van der Waals surface area contributed by atoms with Crippen LogP contribution in [0.5, 0.6) is 0 Å². The number of nitrogens with one attached hydrogen (secondary N) is 1. The Kier molecular flexibility index (Phi) is 3.65. The third kappa shape index (κ3) is 2.93. The van der Waals surface area contributed by atoms with E-state index >= 15 is 0 Å². The number of hydrazone groups is 1. The van der Waals surface area contributed by atoms with Crippen molar-refractivity contribution in [3.8, 4) is 0 Å². The number of carbonyl (C=O) groups is 1. The van der Waals surface area contributed by atoms with Crippen molar-refractivity contribution in [2.24, 2.45) is 5.10 Å². The van der Waals surface area contributed by atoms with E-state index in [-0.39, 0.29) is 17.2 Å². The Bertz CT molecular complexity index is 663. The van der Waals surface area contributed by atoms with Gasteiger partial charge in [-0.05, 0) is 28.0 Å². The molecule has 0 aliphatic rings. The fraction of sp³-hybridized carbons (Fsp3) is 0. The quantitative estimate of drug-likeness (QED) is 0.463. The van der Waals surface area contributed by atoms with Crippen molar-refractivity contribution in [2.45, 2.75) is 0 Å². The summed E-state index contributed by atoms with van der Waals surface area (Å²) in [4.78, 5) is 21.5. The van der Waals surface area contributed by atoms with Gasteiger partial charge < -0.3 is 5.73 Å². The number of carbonyl (C=O) groups excluding carboxylic acids is 1. The minimum Gasteiger partial charge on any atom is -0.379 e. The fourth-order valence-corrected chi connectivity index (χ4v) is 1.25. The first-order valence-corrected chi connectivity index (χ1v) is 5.24. The summed E-state index contributed by atoms with van der Waals surface area (Å²) < 4.78 is 4.27. The van der Waals surface area contributed by atoms with E-state index in [1.54, 1.807) is 0 Å². The lowest BCUT2D eigenvalue weighted by atomic mass is 10.2. The number of rotatable bonds is 4. The zero-order chi connectivity index (χ0) is 14.5. The highest BCUT2D eigenvalue weighted by Crippen LogP contribution is 2.10. The number of nitrogen functional groups attached to an aromatic ring is 1. The van der Waals surface area contributed by atoms with Crippen molar-refractivity contribution in [3.63, 3.8) is 0 Å². The zero-order valence-electron chi connectivity index (χ0n) is 9.89. The number of nitrogens with zero attached hydrogens (tertiary/aromatic N) is 4. The summed E-state index contributed by atoms with van der Waals surface area (Å²) in [5.74, 6) is -0.824. The summed E-state index contributed by atoms with van der Waals surface area (Å²) in [5, 5.41) is 20.7. The van der Waals surface area contributed by atoms with Gasteiger partial charge in [0.2, 0.25) is 11.5 Å². The number of aromatic nitrogens is 2. The van der Waals surface area contributed by atoms with Crippen LogP contribution in [0.1, 0.15) is 16.1 Å². The van der Waals surface area contributed by atoms with E-state index in [0.717, 1.165) is 0 Å². The normalized spacial score (nSPS) is 10.6. The first-order valence-electron chi connectivity index (χ1n) is 5.24. The number of hydrogen-bond donors (Lipinski definition) is 2. The zero-order valence-corrected chi connectivity index (χ0v) is 9.89. The Morgan fingerprint density at radius 1 is 1.40 bits per heavy atom. The van der Waals surface area contributed by atoms with Crippen LogP contribution >= 0.6 is 0 Å². The minimum absolute atomic E-state index is 0.0346. The third-order valence-electron chi connectivity index (χ3n) is 2.21. The molecule has 0 atom stereocenters. The molecule has 10 nitrogen and oxygen atoms in total. The van der Waals surface area contributed by atoms with Crippen LogP contribution in [-0.2, 0) is 0 Å². The molecule has 102 valence electrons. The van der Waals surface area contributed by atoms with Crippen molar-refractivity contribution in [1.82, 2.24) is 15.7 Å². The van der Waals surface area contributed by atoms with Crippen LogP contribution in [0.25, 0.3) is 0 Å². The van der Waals surface area contributed by atoms with E-state index in [2.05, 4.69) is 25.5 Å². The van der Waals surface area contributed by atoms with Crippen LogP contribution in [0.15, 0.2) is 34.0 Å². The van der Waals surface area contributed by atoms with E-state index in [1.807, 2.05) is 0 Å². The summed E-state index contributed by atoms with van der Waals surface area (Å²) in [7, 11) is 0. The summed E-state index contributed by atoms with van der Waals surface area (Å²) >= 11 is 0. The van der Waals surface area contributed by atoms with Gasteiger partial charge in [0.25, 0.3) is 11.6 Å². The maximum Gasteiger partial charge on any atom is 0.297 e. The van der Waals surface area contributed by atoms with Gasteiger partial charge in [-0.2, -0.15) is 5.10 Å². The number of amides is 1. The molecule has 0 aliphatic carbocycles. The maximum atomic E-state index is 11.5. The molecule has 2 rings (SSSR count). The molecule has 0 saturated carbocycles. The molecule has 10 heteroatoms. The molecule has 2 aromatic rings. The van der Waals surface area contributed by atoms with E-state index in [1.165, 1.54) is 30.5 Å². The number of nitro groups is 1. The number of non-ortho nitro benzene ring substituents is 1. The van der Waals surface area contributed by atoms with Gasteiger partial charge in [0.1, 0.15) is 0 Å². The molecule has 0 radical (unpaired) electrons. The molecule has 0 unspecified atom stereocenters. The molecule has 1 aromatic heterocycles. The van der Waals surface area contributed by atoms with Crippen molar-refractivity contribution in [2.75, 3.05) is 5.73 Å². The molecule has 1 heterocycles. The lowest BCUT2D eigenvalue weighted by molar-refractivity contribution is -0.384. The van der Waals surface area contributed by atoms with E-state index in [9.17, 15) is 14.9 Å². The molecular formula is C10H8N6O4. The van der Waals surface area contributed by atoms with Gasteiger partial charge in [-0.3, -0.25) is 14.9 Å². The summed E-state index contributed by atoms with van der Waals surface area (Å²) in [6.45, 7) is 0. The van der Waals surface area contributed by atoms with Crippen molar-refractivity contribution < 1.29 is 14.3 Å².